The number of carboxylic acids is 1. The zero-order valence-electron chi connectivity index (χ0n) is 10.8. The molecular formula is C12H17NO6. The normalized spacial score (nSPS) is 19.1. The lowest BCUT2D eigenvalue weighted by Gasteiger charge is -2.30. The highest BCUT2D eigenvalue weighted by atomic mass is 16.5. The second-order valence-corrected chi connectivity index (χ2v) is 4.38. The minimum Gasteiger partial charge on any atom is -0.481 e. The Hall–Kier alpha value is -1.92. The average Bonchev–Trinajstić information content (AvgIpc) is 2.37. The molecule has 106 valence electrons. The van der Waals surface area contributed by atoms with Gasteiger partial charge in [0.2, 0.25) is 5.91 Å². The van der Waals surface area contributed by atoms with E-state index in [0.717, 1.165) is 0 Å². The molecule has 0 saturated carbocycles. The number of nitrogens with zero attached hydrogens (tertiary/aromatic N) is 1. The smallest absolute Gasteiger partial charge is 0.318 e. The number of rotatable bonds is 5. The van der Waals surface area contributed by atoms with E-state index in [1.165, 1.54) is 12.0 Å². The highest BCUT2D eigenvalue weighted by Gasteiger charge is 2.35. The molecule has 1 amide bonds. The molecule has 7 heteroatoms. The van der Waals surface area contributed by atoms with Gasteiger partial charge in [0.05, 0.1) is 7.11 Å². The molecule has 0 spiro atoms. The maximum absolute atomic E-state index is 11.8. The maximum Gasteiger partial charge on any atom is 0.318 e. The fourth-order valence-corrected chi connectivity index (χ4v) is 1.96. The predicted octanol–water partition coefficient (Wildman–Crippen LogP) is -0.168. The summed E-state index contributed by atoms with van der Waals surface area (Å²) in [7, 11) is 1.20. The van der Waals surface area contributed by atoms with Crippen LogP contribution in [-0.2, 0) is 23.9 Å². The van der Waals surface area contributed by atoms with Crippen LogP contribution in [0.5, 0.6) is 0 Å². The third-order valence-corrected chi connectivity index (χ3v) is 3.04. The third kappa shape index (κ3) is 4.35. The number of carbonyl (C=O) groups is 4. The molecule has 0 bridgehead atoms. The Kier molecular flexibility index (Phi) is 5.47. The van der Waals surface area contributed by atoms with Gasteiger partial charge in [-0.1, -0.05) is 0 Å². The summed E-state index contributed by atoms with van der Waals surface area (Å²) in [5, 5.41) is 8.49. The fourth-order valence-electron chi connectivity index (χ4n) is 1.96. The number of carbonyl (C=O) groups excluding carboxylic acids is 3. The number of hydrogen-bond acceptors (Lipinski definition) is 5. The number of methoxy groups -OCH3 is 1. The highest BCUT2D eigenvalue weighted by Crippen LogP contribution is 2.16. The molecule has 1 aliphatic heterocycles. The van der Waals surface area contributed by atoms with E-state index in [0.29, 0.717) is 0 Å². The zero-order chi connectivity index (χ0) is 14.4. The first-order valence-corrected chi connectivity index (χ1v) is 6.05. The number of likely N-dealkylation sites (tertiary alicyclic amines) is 1. The molecule has 0 aromatic rings. The Bertz CT molecular complexity index is 384. The van der Waals surface area contributed by atoms with Crippen molar-refractivity contribution in [3.8, 4) is 0 Å². The van der Waals surface area contributed by atoms with Crippen LogP contribution < -0.4 is 0 Å². The van der Waals surface area contributed by atoms with Crippen molar-refractivity contribution in [1.82, 2.24) is 4.90 Å². The van der Waals surface area contributed by atoms with Crippen LogP contribution in [0.15, 0.2) is 0 Å². The van der Waals surface area contributed by atoms with E-state index in [9.17, 15) is 19.2 Å². The number of ether oxygens (including phenoxy) is 1. The minimum atomic E-state index is -0.950. The van der Waals surface area contributed by atoms with Crippen molar-refractivity contribution in [2.24, 2.45) is 5.92 Å². The second kappa shape index (κ2) is 6.86. The van der Waals surface area contributed by atoms with E-state index in [-0.39, 0.29) is 50.5 Å². The third-order valence-electron chi connectivity index (χ3n) is 3.04. The van der Waals surface area contributed by atoms with Gasteiger partial charge in [0.1, 0.15) is 5.92 Å². The van der Waals surface area contributed by atoms with Gasteiger partial charge in [-0.15, -0.1) is 0 Å². The van der Waals surface area contributed by atoms with Crippen molar-refractivity contribution < 1.29 is 29.0 Å². The summed E-state index contributed by atoms with van der Waals surface area (Å²) in [5.41, 5.74) is 0. The van der Waals surface area contributed by atoms with Gasteiger partial charge in [-0.05, 0) is 6.42 Å². The van der Waals surface area contributed by atoms with E-state index in [1.807, 2.05) is 0 Å². The molecule has 1 fully saturated rings. The average molecular weight is 271 g/mol. The first-order valence-electron chi connectivity index (χ1n) is 6.05. The topological polar surface area (TPSA) is 101 Å². The molecule has 1 rings (SSSR count). The minimum absolute atomic E-state index is 0.0252. The van der Waals surface area contributed by atoms with Crippen LogP contribution in [0, 0.1) is 5.92 Å². The Balaban J connectivity index is 2.50. The molecule has 0 aromatic carbocycles. The van der Waals surface area contributed by atoms with Crippen LogP contribution in [0.3, 0.4) is 0 Å². The number of aliphatic carboxylic acids is 1. The summed E-state index contributed by atoms with van der Waals surface area (Å²) >= 11 is 0. The van der Waals surface area contributed by atoms with Crippen molar-refractivity contribution in [3.05, 3.63) is 0 Å². The Morgan fingerprint density at radius 3 is 2.63 bits per heavy atom. The standard InChI is InChI=1S/C12H17NO6/c1-19-12(18)8-7-13(6-5-9(8)14)10(15)3-2-4-11(16)17/h8H,2-7H2,1H3,(H,16,17). The quantitative estimate of drug-likeness (QED) is 0.550. The molecule has 0 radical (unpaired) electrons. The van der Waals surface area contributed by atoms with Crippen LogP contribution in [0.1, 0.15) is 25.7 Å². The maximum atomic E-state index is 11.8. The van der Waals surface area contributed by atoms with E-state index < -0.39 is 17.9 Å². The summed E-state index contributed by atoms with van der Waals surface area (Å²) in [6, 6.07) is 0. The number of Topliss-reactive ketones (excluding diaryl/α,β-unsaturated/α-hetero) is 1. The second-order valence-electron chi connectivity index (χ2n) is 4.38. The van der Waals surface area contributed by atoms with Gasteiger partial charge in [0, 0.05) is 32.4 Å². The van der Waals surface area contributed by atoms with E-state index in [4.69, 9.17) is 5.11 Å². The van der Waals surface area contributed by atoms with Gasteiger partial charge in [0.15, 0.2) is 5.78 Å². The summed E-state index contributed by atoms with van der Waals surface area (Å²) in [4.78, 5) is 46.5. The Labute approximate surface area is 110 Å². The largest absolute Gasteiger partial charge is 0.481 e. The SMILES string of the molecule is COC(=O)C1CN(C(=O)CCCC(=O)O)CCC1=O. The molecule has 1 unspecified atom stereocenters. The lowest BCUT2D eigenvalue weighted by Crippen LogP contribution is -2.47. The van der Waals surface area contributed by atoms with Crippen LogP contribution in [-0.4, -0.2) is 53.8 Å². The van der Waals surface area contributed by atoms with Crippen LogP contribution in [0.25, 0.3) is 0 Å². The fraction of sp³-hybridized carbons (Fsp3) is 0.667. The van der Waals surface area contributed by atoms with Crippen LogP contribution in [0.4, 0.5) is 0 Å². The molecule has 19 heavy (non-hydrogen) atoms. The van der Waals surface area contributed by atoms with Crippen molar-refractivity contribution in [1.29, 1.82) is 0 Å². The highest BCUT2D eigenvalue weighted by molar-refractivity contribution is 6.00. The molecule has 0 aliphatic carbocycles. The summed E-state index contributed by atoms with van der Waals surface area (Å²) < 4.78 is 4.53. The molecule has 1 saturated heterocycles. The van der Waals surface area contributed by atoms with Crippen LogP contribution in [0.2, 0.25) is 0 Å². The molecule has 1 N–H and O–H groups in total. The van der Waals surface area contributed by atoms with Crippen LogP contribution >= 0.6 is 0 Å². The predicted molar refractivity (Wildman–Crippen MR) is 63.2 cm³/mol. The number of ketones is 1. The van der Waals surface area contributed by atoms with Gasteiger partial charge < -0.3 is 14.7 Å². The summed E-state index contributed by atoms with van der Waals surface area (Å²) in [6.45, 7) is 0.301. The van der Waals surface area contributed by atoms with Crippen molar-refractivity contribution in [2.75, 3.05) is 20.2 Å². The molecule has 1 atom stereocenters. The zero-order valence-corrected chi connectivity index (χ0v) is 10.8. The lowest BCUT2D eigenvalue weighted by atomic mass is 9.96. The molecule has 7 nitrogen and oxygen atoms in total. The number of piperidine rings is 1. The number of amides is 1. The first kappa shape index (κ1) is 15.1. The molecular weight excluding hydrogens is 254 g/mol. The Morgan fingerprint density at radius 1 is 1.37 bits per heavy atom. The molecule has 1 aliphatic rings. The Morgan fingerprint density at radius 2 is 2.05 bits per heavy atom. The van der Waals surface area contributed by atoms with E-state index in [1.54, 1.807) is 0 Å². The lowest BCUT2D eigenvalue weighted by molar-refractivity contribution is -0.153. The number of carboxylic acid groups (broad SMARTS) is 1. The molecule has 1 heterocycles. The van der Waals surface area contributed by atoms with E-state index >= 15 is 0 Å². The van der Waals surface area contributed by atoms with Gasteiger partial charge in [-0.25, -0.2) is 0 Å². The van der Waals surface area contributed by atoms with E-state index in [2.05, 4.69) is 4.74 Å². The van der Waals surface area contributed by atoms with Gasteiger partial charge in [-0.2, -0.15) is 0 Å². The monoisotopic (exact) mass is 271 g/mol. The summed E-state index contributed by atoms with van der Waals surface area (Å²) in [6.07, 6.45) is 0.416. The van der Waals surface area contributed by atoms with Crippen molar-refractivity contribution >= 4 is 23.6 Å². The number of hydrogen-bond donors (Lipinski definition) is 1. The van der Waals surface area contributed by atoms with Gasteiger partial charge in [0.25, 0.3) is 0 Å². The first-order chi connectivity index (χ1) is 8.95. The van der Waals surface area contributed by atoms with Gasteiger partial charge >= 0.3 is 11.9 Å². The van der Waals surface area contributed by atoms with Crippen molar-refractivity contribution in [2.45, 2.75) is 25.7 Å². The number of esters is 1. The summed E-state index contributed by atoms with van der Waals surface area (Å²) in [5.74, 6) is -2.95. The molecule has 0 aromatic heterocycles. The van der Waals surface area contributed by atoms with Gasteiger partial charge in [-0.3, -0.25) is 19.2 Å². The van der Waals surface area contributed by atoms with Crippen molar-refractivity contribution in [3.63, 3.8) is 0 Å².